The summed E-state index contributed by atoms with van der Waals surface area (Å²) in [6.45, 7) is 7.38. The number of hydrogen-bond donors (Lipinski definition) is 0. The monoisotopic (exact) mass is 394 g/mol. The molecular weight excluding hydrogens is 368 g/mol. The van der Waals surface area contributed by atoms with Gasteiger partial charge in [0, 0.05) is 32.6 Å². The predicted octanol–water partition coefficient (Wildman–Crippen LogP) is 3.98. The maximum absolute atomic E-state index is 12.7. The lowest BCUT2D eigenvalue weighted by molar-refractivity contribution is -0.130. The van der Waals surface area contributed by atoms with E-state index in [0.29, 0.717) is 6.42 Å². The molecule has 1 amide bonds. The van der Waals surface area contributed by atoms with Gasteiger partial charge in [-0.3, -0.25) is 4.79 Å². The topological polar surface area (TPSA) is 49.3 Å². The highest BCUT2D eigenvalue weighted by atomic mass is 32.1. The predicted molar refractivity (Wildman–Crippen MR) is 115 cm³/mol. The van der Waals surface area contributed by atoms with Crippen LogP contribution in [0.25, 0.3) is 10.2 Å². The SMILES string of the molecule is Cc1nc(N2CCCN(C(=O)CCc3ccccc3)CC2)c2c(C)csc2n1. The molecule has 0 saturated carbocycles. The van der Waals surface area contributed by atoms with Crippen LogP contribution in [0.2, 0.25) is 0 Å². The first-order chi connectivity index (χ1) is 13.6. The molecule has 4 rings (SSSR count). The lowest BCUT2D eigenvalue weighted by Gasteiger charge is -2.24. The first kappa shape index (κ1) is 18.9. The second kappa shape index (κ2) is 8.27. The van der Waals surface area contributed by atoms with E-state index in [4.69, 9.17) is 4.98 Å². The number of fused-ring (bicyclic) bond motifs is 1. The van der Waals surface area contributed by atoms with Gasteiger partial charge < -0.3 is 9.80 Å². The van der Waals surface area contributed by atoms with Crippen LogP contribution in [0.3, 0.4) is 0 Å². The highest BCUT2D eigenvalue weighted by Gasteiger charge is 2.22. The molecule has 3 aromatic rings. The Morgan fingerprint density at radius 1 is 1.07 bits per heavy atom. The van der Waals surface area contributed by atoms with Gasteiger partial charge in [0.2, 0.25) is 5.91 Å². The van der Waals surface area contributed by atoms with Crippen LogP contribution in [-0.4, -0.2) is 47.0 Å². The summed E-state index contributed by atoms with van der Waals surface area (Å²) in [4.78, 5) is 27.5. The summed E-state index contributed by atoms with van der Waals surface area (Å²) in [6, 6.07) is 10.2. The van der Waals surface area contributed by atoms with E-state index in [1.54, 1.807) is 11.3 Å². The van der Waals surface area contributed by atoms with Gasteiger partial charge >= 0.3 is 0 Å². The number of nitrogens with zero attached hydrogens (tertiary/aromatic N) is 4. The van der Waals surface area contributed by atoms with Gasteiger partial charge in [0.05, 0.1) is 5.39 Å². The molecule has 0 radical (unpaired) electrons. The van der Waals surface area contributed by atoms with E-state index in [-0.39, 0.29) is 5.91 Å². The molecule has 1 saturated heterocycles. The third kappa shape index (κ3) is 4.02. The zero-order valence-corrected chi connectivity index (χ0v) is 17.3. The Labute approximate surface area is 170 Å². The van der Waals surface area contributed by atoms with Gasteiger partial charge in [-0.05, 0) is 43.2 Å². The molecule has 1 fully saturated rings. The van der Waals surface area contributed by atoms with E-state index in [1.807, 2.05) is 30.0 Å². The summed E-state index contributed by atoms with van der Waals surface area (Å²) in [5, 5.41) is 3.32. The quantitative estimate of drug-likeness (QED) is 0.672. The molecular formula is C22H26N4OS. The largest absolute Gasteiger partial charge is 0.354 e. The minimum Gasteiger partial charge on any atom is -0.354 e. The van der Waals surface area contributed by atoms with Crippen molar-refractivity contribution >= 4 is 33.3 Å². The molecule has 3 heterocycles. The molecule has 0 unspecified atom stereocenters. The van der Waals surface area contributed by atoms with Crippen LogP contribution in [-0.2, 0) is 11.2 Å². The molecule has 0 N–H and O–H groups in total. The van der Waals surface area contributed by atoms with Crippen molar-refractivity contribution in [1.29, 1.82) is 0 Å². The third-order valence-corrected chi connectivity index (χ3v) is 6.32. The number of amides is 1. The number of hydrogen-bond acceptors (Lipinski definition) is 5. The summed E-state index contributed by atoms with van der Waals surface area (Å²) in [5.41, 5.74) is 2.45. The average molecular weight is 395 g/mol. The molecule has 0 aliphatic carbocycles. The van der Waals surface area contributed by atoms with Gasteiger partial charge in [-0.2, -0.15) is 0 Å². The first-order valence-electron chi connectivity index (χ1n) is 9.91. The van der Waals surface area contributed by atoms with Crippen LogP contribution in [0.15, 0.2) is 35.7 Å². The standard InChI is InChI=1S/C22H26N4OS/c1-16-15-28-22-20(16)21(23-17(2)24-22)26-12-6-11-25(13-14-26)19(27)10-9-18-7-4-3-5-8-18/h3-5,7-8,15H,6,9-14H2,1-2H3. The van der Waals surface area contributed by atoms with E-state index in [0.717, 1.165) is 55.5 Å². The Morgan fingerprint density at radius 2 is 1.89 bits per heavy atom. The molecule has 1 aromatic carbocycles. The molecule has 2 aromatic heterocycles. The number of anilines is 1. The fourth-order valence-electron chi connectivity index (χ4n) is 3.83. The molecule has 146 valence electrons. The lowest BCUT2D eigenvalue weighted by Crippen LogP contribution is -2.35. The number of thiophene rings is 1. The highest BCUT2D eigenvalue weighted by molar-refractivity contribution is 7.17. The number of aryl methyl sites for hydroxylation is 3. The minimum atomic E-state index is 0.251. The summed E-state index contributed by atoms with van der Waals surface area (Å²) < 4.78 is 0. The van der Waals surface area contributed by atoms with Gasteiger partial charge in [-0.1, -0.05) is 30.3 Å². The van der Waals surface area contributed by atoms with Crippen LogP contribution in [0.5, 0.6) is 0 Å². The van der Waals surface area contributed by atoms with Crippen LogP contribution in [0.1, 0.15) is 29.8 Å². The van der Waals surface area contributed by atoms with E-state index in [2.05, 4.69) is 34.3 Å². The molecule has 0 bridgehead atoms. The molecule has 6 heteroatoms. The van der Waals surface area contributed by atoms with E-state index in [1.165, 1.54) is 16.5 Å². The normalized spacial score (nSPS) is 15.1. The minimum absolute atomic E-state index is 0.251. The van der Waals surface area contributed by atoms with E-state index in [9.17, 15) is 4.79 Å². The maximum Gasteiger partial charge on any atom is 0.222 e. The van der Waals surface area contributed by atoms with Crippen LogP contribution in [0, 0.1) is 13.8 Å². The molecule has 0 spiro atoms. The van der Waals surface area contributed by atoms with E-state index >= 15 is 0 Å². The Morgan fingerprint density at radius 3 is 2.71 bits per heavy atom. The summed E-state index contributed by atoms with van der Waals surface area (Å²) in [5.74, 6) is 2.09. The van der Waals surface area contributed by atoms with Gasteiger partial charge in [0.25, 0.3) is 0 Å². The van der Waals surface area contributed by atoms with Gasteiger partial charge in [0.1, 0.15) is 16.5 Å². The number of carbonyl (C=O) groups is 1. The second-order valence-electron chi connectivity index (χ2n) is 7.40. The molecule has 1 aliphatic rings. The zero-order valence-electron chi connectivity index (χ0n) is 16.5. The summed E-state index contributed by atoms with van der Waals surface area (Å²) >= 11 is 1.68. The number of carbonyl (C=O) groups excluding carboxylic acids is 1. The Kier molecular flexibility index (Phi) is 5.57. The van der Waals surface area contributed by atoms with Crippen molar-refractivity contribution in [3.8, 4) is 0 Å². The fourth-order valence-corrected chi connectivity index (χ4v) is 4.79. The van der Waals surface area contributed by atoms with Crippen molar-refractivity contribution in [1.82, 2.24) is 14.9 Å². The Hall–Kier alpha value is -2.47. The van der Waals surface area contributed by atoms with Crippen molar-refractivity contribution < 1.29 is 4.79 Å². The zero-order chi connectivity index (χ0) is 19.5. The first-order valence-corrected chi connectivity index (χ1v) is 10.8. The number of rotatable bonds is 4. The average Bonchev–Trinajstić information content (AvgIpc) is 2.92. The Bertz CT molecular complexity index is 969. The molecule has 0 atom stereocenters. The summed E-state index contributed by atoms with van der Waals surface area (Å²) in [6.07, 6.45) is 2.34. The second-order valence-corrected chi connectivity index (χ2v) is 8.26. The Balaban J connectivity index is 1.44. The fraction of sp³-hybridized carbons (Fsp3) is 0.409. The van der Waals surface area contributed by atoms with Gasteiger partial charge in [-0.25, -0.2) is 9.97 Å². The molecule has 5 nitrogen and oxygen atoms in total. The number of benzene rings is 1. The van der Waals surface area contributed by atoms with Crippen LogP contribution >= 0.6 is 11.3 Å². The molecule has 1 aliphatic heterocycles. The lowest BCUT2D eigenvalue weighted by atomic mass is 10.1. The van der Waals surface area contributed by atoms with Crippen LogP contribution < -0.4 is 4.90 Å². The maximum atomic E-state index is 12.7. The van der Waals surface area contributed by atoms with Crippen molar-refractivity contribution in [3.63, 3.8) is 0 Å². The van der Waals surface area contributed by atoms with Gasteiger partial charge in [0.15, 0.2) is 0 Å². The van der Waals surface area contributed by atoms with E-state index < -0.39 is 0 Å². The van der Waals surface area contributed by atoms with Crippen molar-refractivity contribution in [2.75, 3.05) is 31.1 Å². The summed E-state index contributed by atoms with van der Waals surface area (Å²) in [7, 11) is 0. The van der Waals surface area contributed by atoms with Crippen molar-refractivity contribution in [2.45, 2.75) is 33.1 Å². The molecule has 28 heavy (non-hydrogen) atoms. The van der Waals surface area contributed by atoms with Crippen molar-refractivity contribution in [3.05, 3.63) is 52.7 Å². The highest BCUT2D eigenvalue weighted by Crippen LogP contribution is 2.32. The van der Waals surface area contributed by atoms with Crippen LogP contribution in [0.4, 0.5) is 5.82 Å². The third-order valence-electron chi connectivity index (χ3n) is 5.33. The number of aromatic nitrogens is 2. The van der Waals surface area contributed by atoms with Crippen molar-refractivity contribution in [2.24, 2.45) is 0 Å². The smallest absolute Gasteiger partial charge is 0.222 e. The van der Waals surface area contributed by atoms with Gasteiger partial charge in [-0.15, -0.1) is 11.3 Å².